The van der Waals surface area contributed by atoms with Crippen LogP contribution < -0.4 is 5.32 Å². The molecule has 3 rings (SSSR count). The molecule has 1 amide bonds. The van der Waals surface area contributed by atoms with Crippen molar-refractivity contribution in [2.75, 3.05) is 0 Å². The number of aromatic nitrogens is 1. The lowest BCUT2D eigenvalue weighted by Gasteiger charge is -2.20. The molecule has 1 aromatic heterocycles. The van der Waals surface area contributed by atoms with Gasteiger partial charge in [0.05, 0.1) is 18.6 Å². The van der Waals surface area contributed by atoms with E-state index >= 15 is 0 Å². The van der Waals surface area contributed by atoms with Crippen LogP contribution in [0.4, 0.5) is 4.39 Å². The van der Waals surface area contributed by atoms with Gasteiger partial charge < -0.3 is 15.4 Å². The number of H-pyrrole nitrogens is 1. The molecule has 4 nitrogen and oxygen atoms in total. The minimum Gasteiger partial charge on any atom is -0.386 e. The normalized spacial score (nSPS) is 13.6. The van der Waals surface area contributed by atoms with E-state index in [-0.39, 0.29) is 12.3 Å². The Hall–Kier alpha value is -2.66. The highest BCUT2D eigenvalue weighted by Crippen LogP contribution is 2.21. The zero-order chi connectivity index (χ0) is 18.0. The molecule has 2 unspecified atom stereocenters. The van der Waals surface area contributed by atoms with Gasteiger partial charge in [0.25, 0.3) is 0 Å². The summed E-state index contributed by atoms with van der Waals surface area (Å²) < 4.78 is 13.3. The second-order valence-corrected chi connectivity index (χ2v) is 6.40. The molecule has 25 heavy (non-hydrogen) atoms. The summed E-state index contributed by atoms with van der Waals surface area (Å²) in [5, 5.41) is 14.1. The Kier molecular flexibility index (Phi) is 4.86. The molecule has 2 aromatic carbocycles. The smallest absolute Gasteiger partial charge is 0.224 e. The minimum absolute atomic E-state index is 0.190. The van der Waals surface area contributed by atoms with Crippen molar-refractivity contribution in [3.05, 3.63) is 71.2 Å². The standard InChI is InChI=1S/C20H21FN2O2/c1-12-6-7-17-15(11-22-18(17)8-12)10-19(24)23-13(2)20(25)14-4-3-5-16(21)9-14/h3-9,11,13,20,22,25H,10H2,1-2H3,(H,23,24). The Morgan fingerprint density at radius 3 is 2.84 bits per heavy atom. The number of halogens is 1. The molecule has 0 fully saturated rings. The minimum atomic E-state index is -0.967. The average Bonchev–Trinajstić information content (AvgIpc) is 2.95. The number of amides is 1. The highest BCUT2D eigenvalue weighted by molar-refractivity contribution is 5.89. The fourth-order valence-corrected chi connectivity index (χ4v) is 2.98. The molecule has 1 heterocycles. The van der Waals surface area contributed by atoms with E-state index < -0.39 is 18.0 Å². The first-order valence-corrected chi connectivity index (χ1v) is 8.23. The summed E-state index contributed by atoms with van der Waals surface area (Å²) >= 11 is 0. The summed E-state index contributed by atoms with van der Waals surface area (Å²) in [5.41, 5.74) is 3.49. The molecule has 3 aromatic rings. The molecule has 3 N–H and O–H groups in total. The number of hydrogen-bond donors (Lipinski definition) is 3. The summed E-state index contributed by atoms with van der Waals surface area (Å²) in [7, 11) is 0. The van der Waals surface area contributed by atoms with Gasteiger partial charge in [-0.15, -0.1) is 0 Å². The number of benzene rings is 2. The van der Waals surface area contributed by atoms with Gasteiger partial charge in [-0.25, -0.2) is 4.39 Å². The topological polar surface area (TPSA) is 65.1 Å². The van der Waals surface area contributed by atoms with Gasteiger partial charge >= 0.3 is 0 Å². The third-order valence-electron chi connectivity index (χ3n) is 4.33. The predicted molar refractivity (Wildman–Crippen MR) is 95.7 cm³/mol. The Bertz CT molecular complexity index is 904. The summed E-state index contributed by atoms with van der Waals surface area (Å²) in [4.78, 5) is 15.5. The number of hydrogen-bond acceptors (Lipinski definition) is 2. The number of aliphatic hydroxyl groups excluding tert-OH is 1. The van der Waals surface area contributed by atoms with Crippen molar-refractivity contribution in [1.29, 1.82) is 0 Å². The van der Waals surface area contributed by atoms with Gasteiger partial charge in [0.15, 0.2) is 0 Å². The van der Waals surface area contributed by atoms with E-state index in [2.05, 4.69) is 10.3 Å². The van der Waals surface area contributed by atoms with Crippen LogP contribution in [-0.4, -0.2) is 22.0 Å². The quantitative estimate of drug-likeness (QED) is 0.666. The van der Waals surface area contributed by atoms with E-state index in [1.807, 2.05) is 31.3 Å². The molecule has 0 spiro atoms. The van der Waals surface area contributed by atoms with Crippen molar-refractivity contribution < 1.29 is 14.3 Å². The van der Waals surface area contributed by atoms with Gasteiger partial charge in [-0.3, -0.25) is 4.79 Å². The molecule has 0 radical (unpaired) electrons. The maximum Gasteiger partial charge on any atom is 0.224 e. The number of nitrogens with one attached hydrogen (secondary N) is 2. The van der Waals surface area contributed by atoms with E-state index in [1.54, 1.807) is 13.0 Å². The zero-order valence-electron chi connectivity index (χ0n) is 14.2. The SMILES string of the molecule is Cc1ccc2c(CC(=O)NC(C)C(O)c3cccc(F)c3)c[nH]c2c1. The van der Waals surface area contributed by atoms with Crippen molar-refractivity contribution in [1.82, 2.24) is 10.3 Å². The molecule has 2 atom stereocenters. The van der Waals surface area contributed by atoms with Crippen molar-refractivity contribution in [2.24, 2.45) is 0 Å². The number of carbonyl (C=O) groups is 1. The summed E-state index contributed by atoms with van der Waals surface area (Å²) in [6.07, 6.45) is 1.07. The lowest BCUT2D eigenvalue weighted by Crippen LogP contribution is -2.37. The van der Waals surface area contributed by atoms with Gasteiger partial charge in [0.2, 0.25) is 5.91 Å². The zero-order valence-corrected chi connectivity index (χ0v) is 14.2. The van der Waals surface area contributed by atoms with Crippen molar-refractivity contribution in [3.63, 3.8) is 0 Å². The molecule has 0 aliphatic heterocycles. The Morgan fingerprint density at radius 1 is 1.28 bits per heavy atom. The van der Waals surface area contributed by atoms with Crippen LogP contribution in [-0.2, 0) is 11.2 Å². The van der Waals surface area contributed by atoms with Crippen LogP contribution in [0.3, 0.4) is 0 Å². The number of aryl methyl sites for hydroxylation is 1. The van der Waals surface area contributed by atoms with E-state index in [0.29, 0.717) is 5.56 Å². The number of aromatic amines is 1. The number of aliphatic hydroxyl groups is 1. The van der Waals surface area contributed by atoms with Crippen LogP contribution in [0.2, 0.25) is 0 Å². The first-order chi connectivity index (χ1) is 11.9. The van der Waals surface area contributed by atoms with Crippen molar-refractivity contribution in [2.45, 2.75) is 32.4 Å². The second-order valence-electron chi connectivity index (χ2n) is 6.40. The van der Waals surface area contributed by atoms with Crippen molar-refractivity contribution >= 4 is 16.8 Å². The fraction of sp³-hybridized carbons (Fsp3) is 0.250. The fourth-order valence-electron chi connectivity index (χ4n) is 2.98. The maximum atomic E-state index is 13.3. The van der Waals surface area contributed by atoms with Crippen molar-refractivity contribution in [3.8, 4) is 0 Å². The average molecular weight is 340 g/mol. The largest absolute Gasteiger partial charge is 0.386 e. The Balaban J connectivity index is 1.67. The summed E-state index contributed by atoms with van der Waals surface area (Å²) in [5.74, 6) is -0.603. The highest BCUT2D eigenvalue weighted by Gasteiger charge is 2.19. The van der Waals surface area contributed by atoms with Gasteiger partial charge in [0.1, 0.15) is 5.82 Å². The van der Waals surface area contributed by atoms with E-state index in [9.17, 15) is 14.3 Å². The van der Waals surface area contributed by atoms with Crippen LogP contribution in [0.25, 0.3) is 10.9 Å². The molecule has 130 valence electrons. The third-order valence-corrected chi connectivity index (χ3v) is 4.33. The van der Waals surface area contributed by atoms with Crippen LogP contribution >= 0.6 is 0 Å². The molecule has 0 aliphatic rings. The van der Waals surface area contributed by atoms with Gasteiger partial charge in [-0.1, -0.05) is 24.3 Å². The van der Waals surface area contributed by atoms with Gasteiger partial charge in [0, 0.05) is 17.1 Å². The number of fused-ring (bicyclic) bond motifs is 1. The van der Waals surface area contributed by atoms with Crippen LogP contribution in [0.15, 0.2) is 48.7 Å². The first-order valence-electron chi connectivity index (χ1n) is 8.23. The van der Waals surface area contributed by atoms with E-state index in [1.165, 1.54) is 18.2 Å². The van der Waals surface area contributed by atoms with Crippen LogP contribution in [0, 0.1) is 12.7 Å². The van der Waals surface area contributed by atoms with Gasteiger partial charge in [-0.2, -0.15) is 0 Å². The maximum absolute atomic E-state index is 13.3. The predicted octanol–water partition coefficient (Wildman–Crippen LogP) is 3.40. The lowest BCUT2D eigenvalue weighted by atomic mass is 10.0. The van der Waals surface area contributed by atoms with E-state index in [4.69, 9.17) is 0 Å². The number of rotatable bonds is 5. The summed E-state index contributed by atoms with van der Waals surface area (Å²) in [6, 6.07) is 11.3. The second kappa shape index (κ2) is 7.07. The molecule has 0 bridgehead atoms. The Labute approximate surface area is 145 Å². The molecule has 0 aliphatic carbocycles. The molecule has 0 saturated carbocycles. The molecule has 0 saturated heterocycles. The lowest BCUT2D eigenvalue weighted by molar-refractivity contribution is -0.121. The summed E-state index contributed by atoms with van der Waals surface area (Å²) in [6.45, 7) is 3.72. The monoisotopic (exact) mass is 340 g/mol. The van der Waals surface area contributed by atoms with Crippen LogP contribution in [0.5, 0.6) is 0 Å². The Morgan fingerprint density at radius 2 is 2.08 bits per heavy atom. The van der Waals surface area contributed by atoms with Crippen LogP contribution in [0.1, 0.15) is 29.7 Å². The van der Waals surface area contributed by atoms with E-state index in [0.717, 1.165) is 22.0 Å². The molecular formula is C20H21FN2O2. The first kappa shape index (κ1) is 17.2. The third kappa shape index (κ3) is 3.88. The molecule has 5 heteroatoms. The number of carbonyl (C=O) groups excluding carboxylic acids is 1. The highest BCUT2D eigenvalue weighted by atomic mass is 19.1. The molecular weight excluding hydrogens is 319 g/mol. The van der Waals surface area contributed by atoms with Gasteiger partial charge in [-0.05, 0) is 48.7 Å².